The average Bonchev–Trinajstić information content (AvgIpc) is 2.54. The normalized spacial score (nSPS) is 10.8. The maximum Gasteiger partial charge on any atom is 0.328 e. The second kappa shape index (κ2) is 8.00. The van der Waals surface area contributed by atoms with E-state index in [1.807, 2.05) is 48.5 Å². The molecule has 2 aromatic rings. The quantitative estimate of drug-likeness (QED) is 0.608. The summed E-state index contributed by atoms with van der Waals surface area (Å²) in [7, 11) is 0. The number of nitrogens with two attached hydrogens (primary N) is 1. The number of aliphatic carboxylic acids is 1. The van der Waals surface area contributed by atoms with Gasteiger partial charge in [-0.1, -0.05) is 30.3 Å². The van der Waals surface area contributed by atoms with Crippen LogP contribution in [0.1, 0.15) is 12.0 Å². The van der Waals surface area contributed by atoms with Gasteiger partial charge < -0.3 is 15.6 Å². The monoisotopic (exact) mass is 297 g/mol. The molecule has 2 aromatic carbocycles. The highest BCUT2D eigenvalue weighted by molar-refractivity contribution is 5.85. The van der Waals surface area contributed by atoms with Crippen LogP contribution in [0.15, 0.2) is 54.6 Å². The van der Waals surface area contributed by atoms with Gasteiger partial charge in [0.25, 0.3) is 0 Å². The van der Waals surface area contributed by atoms with Gasteiger partial charge >= 0.3 is 5.97 Å². The summed E-state index contributed by atoms with van der Waals surface area (Å²) in [6.45, 7) is 1.21. The van der Waals surface area contributed by atoms with Gasteiger partial charge in [-0.25, -0.2) is 4.79 Å². The molecule has 0 bridgehead atoms. The molecule has 0 aliphatic carbocycles. The van der Waals surface area contributed by atoms with Crippen LogP contribution < -0.4 is 10.5 Å². The average molecular weight is 297 g/mol. The van der Waals surface area contributed by atoms with Crippen LogP contribution in [0, 0.1) is 0 Å². The van der Waals surface area contributed by atoms with E-state index in [1.165, 1.54) is 0 Å². The molecule has 114 valence electrons. The van der Waals surface area contributed by atoms with Crippen molar-refractivity contribution in [3.8, 4) is 16.9 Å². The van der Waals surface area contributed by atoms with Crippen LogP contribution in [-0.2, 0) is 4.79 Å². The van der Waals surface area contributed by atoms with Crippen LogP contribution in [0.5, 0.6) is 5.75 Å². The van der Waals surface area contributed by atoms with Gasteiger partial charge in [-0.05, 0) is 53.9 Å². The van der Waals surface area contributed by atoms with Gasteiger partial charge in [0.1, 0.15) is 5.75 Å². The lowest BCUT2D eigenvalue weighted by Crippen LogP contribution is -2.06. The van der Waals surface area contributed by atoms with Crippen molar-refractivity contribution in [1.29, 1.82) is 0 Å². The molecule has 22 heavy (non-hydrogen) atoms. The van der Waals surface area contributed by atoms with Crippen molar-refractivity contribution in [2.24, 2.45) is 5.73 Å². The Hall–Kier alpha value is -2.59. The van der Waals surface area contributed by atoms with Crippen molar-refractivity contribution < 1.29 is 14.6 Å². The Labute approximate surface area is 129 Å². The summed E-state index contributed by atoms with van der Waals surface area (Å²) < 4.78 is 5.65. The minimum atomic E-state index is -0.958. The van der Waals surface area contributed by atoms with E-state index >= 15 is 0 Å². The first-order valence-corrected chi connectivity index (χ1v) is 7.13. The lowest BCUT2D eigenvalue weighted by Gasteiger charge is -2.08. The molecule has 0 amide bonds. The Morgan fingerprint density at radius 3 is 2.59 bits per heavy atom. The summed E-state index contributed by atoms with van der Waals surface area (Å²) in [6, 6.07) is 15.5. The molecule has 2 rings (SSSR count). The van der Waals surface area contributed by atoms with Crippen LogP contribution in [0.4, 0.5) is 0 Å². The number of hydrogen-bond acceptors (Lipinski definition) is 3. The molecular weight excluding hydrogens is 278 g/mol. The zero-order valence-corrected chi connectivity index (χ0v) is 12.2. The third kappa shape index (κ3) is 4.75. The first-order valence-electron chi connectivity index (χ1n) is 7.13. The lowest BCUT2D eigenvalue weighted by atomic mass is 10.0. The number of benzene rings is 2. The zero-order chi connectivity index (χ0) is 15.8. The first kappa shape index (κ1) is 15.8. The van der Waals surface area contributed by atoms with Gasteiger partial charge in [0.2, 0.25) is 0 Å². The second-order valence-electron chi connectivity index (χ2n) is 4.82. The largest absolute Gasteiger partial charge is 0.494 e. The molecule has 0 aliphatic rings. The van der Waals surface area contributed by atoms with E-state index in [9.17, 15) is 4.79 Å². The van der Waals surface area contributed by atoms with Crippen LogP contribution >= 0.6 is 0 Å². The second-order valence-corrected chi connectivity index (χ2v) is 4.82. The SMILES string of the molecule is NCCCOc1cccc(-c2cccc(/C=C\C(=O)O)c2)c1. The van der Waals surface area contributed by atoms with Crippen LogP contribution in [0.25, 0.3) is 17.2 Å². The summed E-state index contributed by atoms with van der Waals surface area (Å²) in [5, 5.41) is 8.69. The fourth-order valence-electron chi connectivity index (χ4n) is 2.03. The molecule has 0 atom stereocenters. The Morgan fingerprint density at radius 2 is 1.86 bits per heavy atom. The highest BCUT2D eigenvalue weighted by Gasteiger charge is 2.01. The minimum Gasteiger partial charge on any atom is -0.494 e. The third-order valence-electron chi connectivity index (χ3n) is 3.09. The minimum absolute atomic E-state index is 0.599. The summed E-state index contributed by atoms with van der Waals surface area (Å²) in [5.41, 5.74) is 8.33. The topological polar surface area (TPSA) is 72.5 Å². The van der Waals surface area contributed by atoms with Gasteiger partial charge in [0.15, 0.2) is 0 Å². The van der Waals surface area contributed by atoms with Crippen LogP contribution in [0.3, 0.4) is 0 Å². The van der Waals surface area contributed by atoms with Crippen molar-refractivity contribution in [3.05, 3.63) is 60.2 Å². The zero-order valence-electron chi connectivity index (χ0n) is 12.2. The predicted molar refractivity (Wildman–Crippen MR) is 87.7 cm³/mol. The number of ether oxygens (including phenoxy) is 1. The van der Waals surface area contributed by atoms with E-state index in [4.69, 9.17) is 15.6 Å². The number of carboxylic acid groups (broad SMARTS) is 1. The van der Waals surface area contributed by atoms with Gasteiger partial charge in [-0.2, -0.15) is 0 Å². The first-order chi connectivity index (χ1) is 10.7. The molecule has 0 aliphatic heterocycles. The molecule has 0 radical (unpaired) electrons. The number of rotatable bonds is 7. The predicted octanol–water partition coefficient (Wildman–Crippen LogP) is 3.18. The van der Waals surface area contributed by atoms with Gasteiger partial charge in [-0.15, -0.1) is 0 Å². The fourth-order valence-corrected chi connectivity index (χ4v) is 2.03. The molecule has 0 spiro atoms. The van der Waals surface area contributed by atoms with E-state index in [-0.39, 0.29) is 0 Å². The summed E-state index contributed by atoms with van der Waals surface area (Å²) in [5.74, 6) is -0.155. The molecule has 0 heterocycles. The van der Waals surface area contributed by atoms with E-state index in [0.717, 1.165) is 34.9 Å². The molecule has 4 nitrogen and oxygen atoms in total. The van der Waals surface area contributed by atoms with Crippen molar-refractivity contribution in [2.75, 3.05) is 13.2 Å². The molecule has 0 unspecified atom stereocenters. The van der Waals surface area contributed by atoms with Gasteiger partial charge in [0, 0.05) is 6.08 Å². The van der Waals surface area contributed by atoms with Crippen LogP contribution in [-0.4, -0.2) is 24.2 Å². The van der Waals surface area contributed by atoms with Crippen molar-refractivity contribution >= 4 is 12.0 Å². The molecule has 3 N–H and O–H groups in total. The van der Waals surface area contributed by atoms with Crippen molar-refractivity contribution in [1.82, 2.24) is 0 Å². The Kier molecular flexibility index (Phi) is 5.74. The summed E-state index contributed by atoms with van der Waals surface area (Å²) in [6.07, 6.45) is 3.53. The molecule has 0 saturated heterocycles. The summed E-state index contributed by atoms with van der Waals surface area (Å²) in [4.78, 5) is 10.6. The Morgan fingerprint density at radius 1 is 1.14 bits per heavy atom. The van der Waals surface area contributed by atoms with Crippen molar-refractivity contribution in [3.63, 3.8) is 0 Å². The Balaban J connectivity index is 2.19. The van der Waals surface area contributed by atoms with E-state index in [2.05, 4.69) is 0 Å². The number of carbonyl (C=O) groups is 1. The van der Waals surface area contributed by atoms with Crippen molar-refractivity contribution in [2.45, 2.75) is 6.42 Å². The standard InChI is InChI=1S/C18H19NO3/c19-10-3-11-22-17-7-2-6-16(13-17)15-5-1-4-14(12-15)8-9-18(20)21/h1-2,4-9,12-13H,3,10-11,19H2,(H,20,21)/b9-8-. The molecular formula is C18H19NO3. The van der Waals surface area contributed by atoms with Gasteiger partial charge in [-0.3, -0.25) is 0 Å². The Bertz CT molecular complexity index is 665. The maximum absolute atomic E-state index is 10.6. The highest BCUT2D eigenvalue weighted by Crippen LogP contribution is 2.25. The molecule has 0 saturated carbocycles. The number of carboxylic acids is 1. The third-order valence-corrected chi connectivity index (χ3v) is 3.09. The van der Waals surface area contributed by atoms with E-state index in [1.54, 1.807) is 6.08 Å². The van der Waals surface area contributed by atoms with Crippen LogP contribution in [0.2, 0.25) is 0 Å². The lowest BCUT2D eigenvalue weighted by molar-refractivity contribution is -0.131. The molecule has 4 heteroatoms. The molecule has 0 fully saturated rings. The van der Waals surface area contributed by atoms with E-state index in [0.29, 0.717) is 13.2 Å². The molecule has 0 aromatic heterocycles. The number of hydrogen-bond donors (Lipinski definition) is 2. The fraction of sp³-hybridized carbons (Fsp3) is 0.167. The maximum atomic E-state index is 10.6. The highest BCUT2D eigenvalue weighted by atomic mass is 16.5. The smallest absolute Gasteiger partial charge is 0.328 e. The van der Waals surface area contributed by atoms with E-state index < -0.39 is 5.97 Å². The van der Waals surface area contributed by atoms with Gasteiger partial charge in [0.05, 0.1) is 6.61 Å². The summed E-state index contributed by atoms with van der Waals surface area (Å²) >= 11 is 0.